The molecule has 94 valence electrons. The molecule has 0 spiro atoms. The van der Waals surface area contributed by atoms with Crippen LogP contribution in [0, 0.1) is 5.92 Å². The first-order chi connectivity index (χ1) is 7.69. The van der Waals surface area contributed by atoms with Gasteiger partial charge in [0.05, 0.1) is 13.2 Å². The molecule has 2 unspecified atom stereocenters. The summed E-state index contributed by atoms with van der Waals surface area (Å²) < 4.78 is 0. The Labute approximate surface area is 98.8 Å². The van der Waals surface area contributed by atoms with Crippen molar-refractivity contribution in [2.75, 3.05) is 19.7 Å². The summed E-state index contributed by atoms with van der Waals surface area (Å²) >= 11 is 0. The van der Waals surface area contributed by atoms with Crippen LogP contribution in [0.25, 0.3) is 0 Å². The maximum absolute atomic E-state index is 11.9. The molecule has 3 heteroatoms. The van der Waals surface area contributed by atoms with Crippen LogP contribution in [0.5, 0.6) is 0 Å². The van der Waals surface area contributed by atoms with Crippen molar-refractivity contribution in [3.05, 3.63) is 0 Å². The molecule has 16 heavy (non-hydrogen) atoms. The lowest BCUT2D eigenvalue weighted by atomic mass is 10.0. The molecule has 1 aliphatic heterocycles. The summed E-state index contributed by atoms with van der Waals surface area (Å²) in [6, 6.07) is 0.204. The van der Waals surface area contributed by atoms with Crippen molar-refractivity contribution < 1.29 is 9.90 Å². The maximum atomic E-state index is 11.9. The highest BCUT2D eigenvalue weighted by Gasteiger charge is 2.23. The van der Waals surface area contributed by atoms with Crippen LogP contribution in [-0.2, 0) is 4.79 Å². The van der Waals surface area contributed by atoms with Gasteiger partial charge in [-0.2, -0.15) is 0 Å². The molecule has 0 saturated carbocycles. The second kappa shape index (κ2) is 7.02. The van der Waals surface area contributed by atoms with Gasteiger partial charge >= 0.3 is 0 Å². The molecular formula is C13H25NO2. The third kappa shape index (κ3) is 3.87. The Morgan fingerprint density at radius 2 is 2.19 bits per heavy atom. The van der Waals surface area contributed by atoms with Crippen molar-refractivity contribution in [1.29, 1.82) is 0 Å². The molecule has 0 radical (unpaired) electrons. The van der Waals surface area contributed by atoms with Gasteiger partial charge in [-0.3, -0.25) is 9.69 Å². The monoisotopic (exact) mass is 227 g/mol. The number of nitrogens with zero attached hydrogens (tertiary/aromatic N) is 1. The Kier molecular flexibility index (Phi) is 5.99. The van der Waals surface area contributed by atoms with E-state index in [2.05, 4.69) is 11.8 Å². The molecule has 0 amide bonds. The molecule has 1 saturated heterocycles. The fourth-order valence-electron chi connectivity index (χ4n) is 2.24. The van der Waals surface area contributed by atoms with Crippen LogP contribution in [0.1, 0.15) is 46.0 Å². The van der Waals surface area contributed by atoms with Gasteiger partial charge in [-0.15, -0.1) is 0 Å². The van der Waals surface area contributed by atoms with Crippen molar-refractivity contribution in [3.63, 3.8) is 0 Å². The summed E-state index contributed by atoms with van der Waals surface area (Å²) in [5.41, 5.74) is 0. The molecule has 0 aliphatic carbocycles. The van der Waals surface area contributed by atoms with E-state index >= 15 is 0 Å². The fourth-order valence-corrected chi connectivity index (χ4v) is 2.24. The topological polar surface area (TPSA) is 40.5 Å². The van der Waals surface area contributed by atoms with Gasteiger partial charge in [0.1, 0.15) is 5.78 Å². The molecular weight excluding hydrogens is 202 g/mol. The summed E-state index contributed by atoms with van der Waals surface area (Å²) in [6.07, 6.45) is 5.51. The summed E-state index contributed by atoms with van der Waals surface area (Å²) in [5.74, 6) is 0.477. The number of hydrogen-bond acceptors (Lipinski definition) is 3. The van der Waals surface area contributed by atoms with Crippen LogP contribution >= 0.6 is 0 Å². The number of rotatable bonds is 5. The van der Waals surface area contributed by atoms with Gasteiger partial charge in [0.25, 0.3) is 0 Å². The average Bonchev–Trinajstić information content (AvgIpc) is 2.52. The van der Waals surface area contributed by atoms with E-state index in [0.29, 0.717) is 12.3 Å². The average molecular weight is 227 g/mol. The van der Waals surface area contributed by atoms with E-state index in [9.17, 15) is 9.90 Å². The number of ketones is 1. The largest absolute Gasteiger partial charge is 0.395 e. The quantitative estimate of drug-likeness (QED) is 0.779. The molecule has 0 aromatic carbocycles. The summed E-state index contributed by atoms with van der Waals surface area (Å²) in [7, 11) is 0. The van der Waals surface area contributed by atoms with Crippen molar-refractivity contribution in [1.82, 2.24) is 4.90 Å². The van der Waals surface area contributed by atoms with Crippen LogP contribution in [0.2, 0.25) is 0 Å². The van der Waals surface area contributed by atoms with Gasteiger partial charge in [0.2, 0.25) is 0 Å². The van der Waals surface area contributed by atoms with Crippen molar-refractivity contribution in [2.24, 2.45) is 5.92 Å². The maximum Gasteiger partial charge on any atom is 0.149 e. The minimum atomic E-state index is 0.155. The third-order valence-corrected chi connectivity index (χ3v) is 3.73. The molecule has 1 aliphatic rings. The van der Waals surface area contributed by atoms with Gasteiger partial charge in [-0.05, 0) is 25.8 Å². The lowest BCUT2D eigenvalue weighted by Gasteiger charge is -2.28. The highest BCUT2D eigenvalue weighted by atomic mass is 16.3. The summed E-state index contributed by atoms with van der Waals surface area (Å²) in [5, 5.41) is 9.34. The van der Waals surface area contributed by atoms with Crippen molar-refractivity contribution in [2.45, 2.75) is 52.0 Å². The number of hydrogen-bond donors (Lipinski definition) is 1. The molecule has 0 aromatic heterocycles. The van der Waals surface area contributed by atoms with E-state index in [1.54, 1.807) is 0 Å². The molecule has 0 bridgehead atoms. The zero-order valence-electron chi connectivity index (χ0n) is 10.6. The summed E-state index contributed by atoms with van der Waals surface area (Å²) in [6.45, 7) is 5.73. The predicted molar refractivity (Wildman–Crippen MR) is 65.4 cm³/mol. The Bertz CT molecular complexity index is 218. The second-order valence-electron chi connectivity index (χ2n) is 4.93. The van der Waals surface area contributed by atoms with Crippen molar-refractivity contribution in [3.8, 4) is 0 Å². The van der Waals surface area contributed by atoms with E-state index in [0.717, 1.165) is 25.8 Å². The molecule has 1 N–H and O–H groups in total. The molecule has 1 heterocycles. The lowest BCUT2D eigenvalue weighted by molar-refractivity contribution is -0.124. The van der Waals surface area contributed by atoms with Crippen LogP contribution < -0.4 is 0 Å². The van der Waals surface area contributed by atoms with Crippen molar-refractivity contribution >= 4 is 5.78 Å². The van der Waals surface area contributed by atoms with Gasteiger partial charge in [-0.25, -0.2) is 0 Å². The van der Waals surface area contributed by atoms with Gasteiger partial charge < -0.3 is 5.11 Å². The second-order valence-corrected chi connectivity index (χ2v) is 4.93. The van der Waals surface area contributed by atoms with E-state index < -0.39 is 0 Å². The van der Waals surface area contributed by atoms with Gasteiger partial charge in [0, 0.05) is 12.0 Å². The minimum absolute atomic E-state index is 0.155. The molecule has 1 rings (SSSR count). The minimum Gasteiger partial charge on any atom is -0.395 e. The Balaban J connectivity index is 2.51. The Morgan fingerprint density at radius 1 is 1.44 bits per heavy atom. The number of carbonyl (C=O) groups excluding carboxylic acids is 1. The predicted octanol–water partition coefficient (Wildman–Crippen LogP) is 1.84. The SMILES string of the molecule is CCC(C)C(=O)CN1CCCCCC1CO. The van der Waals surface area contributed by atoms with Crippen LogP contribution in [0.3, 0.4) is 0 Å². The first kappa shape index (κ1) is 13.7. The first-order valence-corrected chi connectivity index (χ1v) is 6.56. The Hall–Kier alpha value is -0.410. The van der Waals surface area contributed by atoms with Gasteiger partial charge in [-0.1, -0.05) is 26.7 Å². The molecule has 0 aromatic rings. The lowest BCUT2D eigenvalue weighted by Crippen LogP contribution is -2.42. The highest BCUT2D eigenvalue weighted by molar-refractivity contribution is 5.82. The fraction of sp³-hybridized carbons (Fsp3) is 0.923. The zero-order chi connectivity index (χ0) is 12.0. The molecule has 2 atom stereocenters. The third-order valence-electron chi connectivity index (χ3n) is 3.73. The van der Waals surface area contributed by atoms with Gasteiger partial charge in [0.15, 0.2) is 0 Å². The van der Waals surface area contributed by atoms with E-state index in [-0.39, 0.29) is 18.6 Å². The number of aliphatic hydroxyl groups is 1. The van der Waals surface area contributed by atoms with Crippen LogP contribution in [0.4, 0.5) is 0 Å². The normalized spacial score (nSPS) is 25.1. The number of likely N-dealkylation sites (tertiary alicyclic amines) is 1. The number of Topliss-reactive ketones (excluding diaryl/α,β-unsaturated/α-hetero) is 1. The molecule has 1 fully saturated rings. The Morgan fingerprint density at radius 3 is 2.81 bits per heavy atom. The smallest absolute Gasteiger partial charge is 0.149 e. The first-order valence-electron chi connectivity index (χ1n) is 6.56. The van der Waals surface area contributed by atoms with Crippen LogP contribution in [-0.4, -0.2) is 41.5 Å². The highest BCUT2D eigenvalue weighted by Crippen LogP contribution is 2.17. The number of aliphatic hydroxyl groups excluding tert-OH is 1. The number of carbonyl (C=O) groups is 1. The van der Waals surface area contributed by atoms with E-state index in [1.165, 1.54) is 12.8 Å². The van der Waals surface area contributed by atoms with Crippen LogP contribution in [0.15, 0.2) is 0 Å². The molecule has 3 nitrogen and oxygen atoms in total. The van der Waals surface area contributed by atoms with E-state index in [1.807, 2.05) is 6.92 Å². The zero-order valence-corrected chi connectivity index (χ0v) is 10.6. The summed E-state index contributed by atoms with van der Waals surface area (Å²) in [4.78, 5) is 14.1. The standard InChI is InChI=1S/C13H25NO2/c1-3-11(2)13(16)9-14-8-6-4-5-7-12(14)10-15/h11-12,15H,3-10H2,1-2H3. The van der Waals surface area contributed by atoms with E-state index in [4.69, 9.17) is 0 Å².